The van der Waals surface area contributed by atoms with Gasteiger partial charge in [0.25, 0.3) is 0 Å². The van der Waals surface area contributed by atoms with Gasteiger partial charge in [-0.05, 0) is 30.2 Å². The Kier molecular flexibility index (Phi) is 4.63. The van der Waals surface area contributed by atoms with Crippen LogP contribution in [-0.2, 0) is 13.1 Å². The Hall–Kier alpha value is -3.39. The maximum Gasteiger partial charge on any atom is 0.327 e. The molecule has 2 N–H and O–H groups in total. The number of halogens is 1. The first-order valence-corrected chi connectivity index (χ1v) is 10.3. The summed E-state index contributed by atoms with van der Waals surface area (Å²) in [6.07, 6.45) is 3.37. The van der Waals surface area contributed by atoms with Crippen LogP contribution in [0.25, 0.3) is 11.4 Å². The molecule has 0 amide bonds. The minimum absolute atomic E-state index is 0.184. The molecule has 1 aliphatic rings. The van der Waals surface area contributed by atoms with Crippen LogP contribution in [0.4, 0.5) is 11.6 Å². The number of aromatic amines is 1. The molecular formula is C22H19BrN6O. The van der Waals surface area contributed by atoms with Crippen molar-refractivity contribution in [3.05, 3.63) is 86.5 Å². The molecule has 0 spiro atoms. The van der Waals surface area contributed by atoms with Gasteiger partial charge in [-0.25, -0.2) is 14.8 Å². The van der Waals surface area contributed by atoms with E-state index in [0.29, 0.717) is 36.1 Å². The lowest BCUT2D eigenvalue weighted by Crippen LogP contribution is -2.19. The first-order chi connectivity index (χ1) is 14.6. The third-order valence-corrected chi connectivity index (χ3v) is 5.67. The lowest BCUT2D eigenvalue weighted by atomic mass is 10.1. The van der Waals surface area contributed by atoms with Crippen molar-refractivity contribution in [1.29, 1.82) is 0 Å². The van der Waals surface area contributed by atoms with Crippen molar-refractivity contribution in [2.75, 3.05) is 5.32 Å². The molecular weight excluding hydrogens is 444 g/mol. The van der Waals surface area contributed by atoms with Crippen molar-refractivity contribution in [1.82, 2.24) is 19.1 Å². The summed E-state index contributed by atoms with van der Waals surface area (Å²) in [5, 5.41) is 3.16. The predicted molar refractivity (Wildman–Crippen MR) is 122 cm³/mol. The lowest BCUT2D eigenvalue weighted by Gasteiger charge is -2.07. The lowest BCUT2D eigenvalue weighted by molar-refractivity contribution is 0.770. The molecule has 30 heavy (non-hydrogen) atoms. The van der Waals surface area contributed by atoms with E-state index in [-0.39, 0.29) is 5.69 Å². The quantitative estimate of drug-likeness (QED) is 0.474. The second-order valence-electron chi connectivity index (χ2n) is 7.30. The third-order valence-electron chi connectivity index (χ3n) is 5.15. The van der Waals surface area contributed by atoms with E-state index in [9.17, 15) is 4.79 Å². The number of fused-ring (bicyclic) bond motifs is 3. The van der Waals surface area contributed by atoms with E-state index in [1.54, 1.807) is 17.2 Å². The maximum absolute atomic E-state index is 12.7. The van der Waals surface area contributed by atoms with E-state index in [1.807, 2.05) is 47.9 Å². The average molecular weight is 463 g/mol. The molecule has 4 aromatic rings. The Bertz CT molecular complexity index is 1300. The van der Waals surface area contributed by atoms with Crippen LogP contribution < -0.4 is 11.0 Å². The first kappa shape index (κ1) is 18.6. The SMILES string of the molecule is Cc1ccc(Cn2c3c([nH]c2=O)-c2ncn(Cc4ccc(Br)cc4)c2N=CN3)cc1. The number of hydrogen-bond donors (Lipinski definition) is 2. The van der Waals surface area contributed by atoms with E-state index < -0.39 is 0 Å². The van der Waals surface area contributed by atoms with Crippen LogP contribution in [0.5, 0.6) is 0 Å². The number of nitrogens with one attached hydrogen (secondary N) is 2. The Morgan fingerprint density at radius 1 is 1.00 bits per heavy atom. The Labute approximate surface area is 181 Å². The summed E-state index contributed by atoms with van der Waals surface area (Å²) in [5.41, 5.74) is 4.49. The number of imidazole rings is 2. The van der Waals surface area contributed by atoms with Crippen LogP contribution in [0.2, 0.25) is 0 Å². The normalized spacial score (nSPS) is 12.2. The van der Waals surface area contributed by atoms with Gasteiger partial charge >= 0.3 is 5.69 Å². The average Bonchev–Trinajstić information content (AvgIpc) is 3.21. The van der Waals surface area contributed by atoms with Gasteiger partial charge in [-0.3, -0.25) is 4.57 Å². The van der Waals surface area contributed by atoms with E-state index in [0.717, 1.165) is 15.6 Å². The predicted octanol–water partition coefficient (Wildman–Crippen LogP) is 4.29. The summed E-state index contributed by atoms with van der Waals surface area (Å²) in [5.74, 6) is 1.37. The molecule has 0 saturated heterocycles. The van der Waals surface area contributed by atoms with Gasteiger partial charge < -0.3 is 14.9 Å². The molecule has 2 aromatic heterocycles. The highest BCUT2D eigenvalue weighted by molar-refractivity contribution is 9.10. The fourth-order valence-corrected chi connectivity index (χ4v) is 3.83. The molecule has 2 aromatic carbocycles. The molecule has 0 bridgehead atoms. The number of aromatic nitrogens is 4. The molecule has 7 nitrogen and oxygen atoms in total. The van der Waals surface area contributed by atoms with Gasteiger partial charge in [0.1, 0.15) is 17.2 Å². The van der Waals surface area contributed by atoms with Crippen molar-refractivity contribution < 1.29 is 0 Å². The molecule has 150 valence electrons. The van der Waals surface area contributed by atoms with Crippen LogP contribution in [0.3, 0.4) is 0 Å². The Morgan fingerprint density at radius 3 is 2.47 bits per heavy atom. The number of nitrogens with zero attached hydrogens (tertiary/aromatic N) is 4. The number of rotatable bonds is 4. The summed E-state index contributed by atoms with van der Waals surface area (Å²) >= 11 is 3.46. The van der Waals surface area contributed by atoms with Gasteiger partial charge in [-0.2, -0.15) is 0 Å². The molecule has 0 unspecified atom stereocenters. The highest BCUT2D eigenvalue weighted by Crippen LogP contribution is 2.34. The van der Waals surface area contributed by atoms with Crippen molar-refractivity contribution in [2.45, 2.75) is 20.0 Å². The summed E-state index contributed by atoms with van der Waals surface area (Å²) in [4.78, 5) is 24.8. The second kappa shape index (κ2) is 7.46. The molecule has 0 saturated carbocycles. The van der Waals surface area contributed by atoms with Gasteiger partial charge in [-0.15, -0.1) is 0 Å². The number of benzene rings is 2. The number of aryl methyl sites for hydroxylation is 1. The van der Waals surface area contributed by atoms with E-state index in [4.69, 9.17) is 0 Å². The van der Waals surface area contributed by atoms with Crippen molar-refractivity contribution in [2.24, 2.45) is 4.99 Å². The first-order valence-electron chi connectivity index (χ1n) is 9.56. The highest BCUT2D eigenvalue weighted by atomic mass is 79.9. The molecule has 1 aliphatic heterocycles. The monoisotopic (exact) mass is 462 g/mol. The van der Waals surface area contributed by atoms with Crippen LogP contribution in [0.15, 0.2) is 69.1 Å². The molecule has 0 fully saturated rings. The van der Waals surface area contributed by atoms with Crippen LogP contribution in [0.1, 0.15) is 16.7 Å². The summed E-state index contributed by atoms with van der Waals surface area (Å²) in [6, 6.07) is 16.3. The summed E-state index contributed by atoms with van der Waals surface area (Å²) < 4.78 is 4.69. The fourth-order valence-electron chi connectivity index (χ4n) is 3.56. The van der Waals surface area contributed by atoms with Crippen molar-refractivity contribution in [3.8, 4) is 11.4 Å². The Balaban J connectivity index is 1.52. The van der Waals surface area contributed by atoms with E-state index in [2.05, 4.69) is 48.3 Å². The van der Waals surface area contributed by atoms with E-state index in [1.165, 1.54) is 5.56 Å². The van der Waals surface area contributed by atoms with Gasteiger partial charge in [0.05, 0.1) is 25.8 Å². The minimum atomic E-state index is -0.184. The largest absolute Gasteiger partial charge is 0.330 e. The molecule has 0 aliphatic carbocycles. The third kappa shape index (κ3) is 3.39. The topological polar surface area (TPSA) is 80.0 Å². The van der Waals surface area contributed by atoms with Gasteiger partial charge in [0, 0.05) is 4.47 Å². The number of hydrogen-bond acceptors (Lipinski definition) is 4. The molecule has 3 heterocycles. The van der Waals surface area contributed by atoms with Gasteiger partial charge in [0.15, 0.2) is 5.82 Å². The zero-order valence-electron chi connectivity index (χ0n) is 16.3. The molecule has 8 heteroatoms. The summed E-state index contributed by atoms with van der Waals surface area (Å²) in [6.45, 7) is 3.14. The molecule has 5 rings (SSSR count). The standard InChI is InChI=1S/C22H19BrN6O/c1-14-2-4-16(5-3-14)11-29-21-19(27-22(29)30)18-20(24-12-25-21)28(13-26-18)10-15-6-8-17(23)9-7-15/h2-9,12-13H,10-11H2,1H3,(H,24,25)(H,27,30). The maximum atomic E-state index is 12.7. The van der Waals surface area contributed by atoms with Crippen molar-refractivity contribution in [3.63, 3.8) is 0 Å². The van der Waals surface area contributed by atoms with Crippen LogP contribution in [-0.4, -0.2) is 25.4 Å². The minimum Gasteiger partial charge on any atom is -0.330 e. The van der Waals surface area contributed by atoms with Crippen LogP contribution >= 0.6 is 15.9 Å². The van der Waals surface area contributed by atoms with Crippen LogP contribution in [0, 0.1) is 6.92 Å². The fraction of sp³-hybridized carbons (Fsp3) is 0.136. The highest BCUT2D eigenvalue weighted by Gasteiger charge is 2.23. The second-order valence-corrected chi connectivity index (χ2v) is 8.21. The van der Waals surface area contributed by atoms with E-state index >= 15 is 0 Å². The van der Waals surface area contributed by atoms with Crippen molar-refractivity contribution >= 4 is 33.9 Å². The van der Waals surface area contributed by atoms with Gasteiger partial charge in [-0.1, -0.05) is 57.9 Å². The molecule has 0 radical (unpaired) electrons. The smallest absolute Gasteiger partial charge is 0.327 e. The Morgan fingerprint density at radius 2 is 1.70 bits per heavy atom. The zero-order chi connectivity index (χ0) is 20.7. The van der Waals surface area contributed by atoms with Gasteiger partial charge in [0.2, 0.25) is 0 Å². The zero-order valence-corrected chi connectivity index (χ0v) is 17.8. The number of H-pyrrole nitrogens is 1. The summed E-state index contributed by atoms with van der Waals surface area (Å²) in [7, 11) is 0. The molecule has 0 atom stereocenters. The number of aliphatic imine (C=N–C) groups is 1. The number of anilines is 1.